The summed E-state index contributed by atoms with van der Waals surface area (Å²) in [5, 5.41) is 0. The number of esters is 2. The molecule has 3 atom stereocenters. The molecule has 1 N–H and O–H groups in total. The predicted octanol–water partition coefficient (Wildman–Crippen LogP) is 4.93. The van der Waals surface area contributed by atoms with Gasteiger partial charge in [0.05, 0.1) is 10.5 Å². The van der Waals surface area contributed by atoms with Gasteiger partial charge in [0, 0.05) is 5.69 Å². The number of carbonyl (C=O) groups excluding carboxylic acids is 2. The van der Waals surface area contributed by atoms with Gasteiger partial charge in [-0.2, -0.15) is 0 Å². The molecule has 0 aromatic heterocycles. The summed E-state index contributed by atoms with van der Waals surface area (Å²) < 4.78 is 64.4. The summed E-state index contributed by atoms with van der Waals surface area (Å²) in [5.74, 6) is -2.90. The SMILES string of the molecule is CC1CCC(C(C)C)C(OC(=O)COC(=O)c2cccc(NS(=O)(=O)c3ccc(F)c(F)c3)c2)C1. The van der Waals surface area contributed by atoms with Crippen molar-refractivity contribution in [1.29, 1.82) is 0 Å². The number of ether oxygens (including phenoxy) is 2. The van der Waals surface area contributed by atoms with Crippen LogP contribution in [0.5, 0.6) is 0 Å². The Bertz CT molecular complexity index is 1180. The highest BCUT2D eigenvalue weighted by atomic mass is 32.2. The second kappa shape index (κ2) is 11.2. The first-order valence-electron chi connectivity index (χ1n) is 11.4. The fraction of sp³-hybridized carbons (Fsp3) is 0.440. The first-order valence-corrected chi connectivity index (χ1v) is 12.9. The van der Waals surface area contributed by atoms with Gasteiger partial charge in [-0.25, -0.2) is 26.8 Å². The van der Waals surface area contributed by atoms with Crippen LogP contribution < -0.4 is 4.72 Å². The molecule has 2 aromatic carbocycles. The largest absolute Gasteiger partial charge is 0.460 e. The molecule has 1 fully saturated rings. The van der Waals surface area contributed by atoms with E-state index in [1.54, 1.807) is 0 Å². The third kappa shape index (κ3) is 7.00. The zero-order valence-electron chi connectivity index (χ0n) is 19.8. The first-order chi connectivity index (χ1) is 16.5. The fourth-order valence-electron chi connectivity index (χ4n) is 4.23. The van der Waals surface area contributed by atoms with Gasteiger partial charge in [-0.1, -0.05) is 33.3 Å². The number of benzene rings is 2. The summed E-state index contributed by atoms with van der Waals surface area (Å²) in [7, 11) is -4.24. The quantitative estimate of drug-likeness (QED) is 0.507. The summed E-state index contributed by atoms with van der Waals surface area (Å²) >= 11 is 0. The van der Waals surface area contributed by atoms with E-state index in [2.05, 4.69) is 25.5 Å². The molecule has 3 unspecified atom stereocenters. The minimum Gasteiger partial charge on any atom is -0.460 e. The van der Waals surface area contributed by atoms with E-state index in [4.69, 9.17) is 9.47 Å². The smallest absolute Gasteiger partial charge is 0.344 e. The Morgan fingerprint density at radius 1 is 1.09 bits per heavy atom. The molecule has 1 aliphatic carbocycles. The monoisotopic (exact) mass is 509 g/mol. The average Bonchev–Trinajstić information content (AvgIpc) is 2.79. The number of carbonyl (C=O) groups is 2. The van der Waals surface area contributed by atoms with Crippen molar-refractivity contribution in [2.75, 3.05) is 11.3 Å². The zero-order chi connectivity index (χ0) is 25.8. The van der Waals surface area contributed by atoms with Gasteiger partial charge in [0.25, 0.3) is 10.0 Å². The van der Waals surface area contributed by atoms with Gasteiger partial charge >= 0.3 is 11.9 Å². The minimum absolute atomic E-state index is 0.00253. The molecule has 0 bridgehead atoms. The molecule has 0 aliphatic heterocycles. The molecular formula is C25H29F2NO6S. The van der Waals surface area contributed by atoms with Gasteiger partial charge in [-0.3, -0.25) is 4.72 Å². The molecule has 190 valence electrons. The van der Waals surface area contributed by atoms with Gasteiger partial charge in [0.15, 0.2) is 18.2 Å². The summed E-state index contributed by atoms with van der Waals surface area (Å²) in [6.07, 6.45) is 2.60. The van der Waals surface area contributed by atoms with E-state index in [1.165, 1.54) is 24.3 Å². The second-order valence-electron chi connectivity index (χ2n) is 9.19. The second-order valence-corrected chi connectivity index (χ2v) is 10.9. The Hall–Kier alpha value is -3.01. The predicted molar refractivity (Wildman–Crippen MR) is 125 cm³/mol. The van der Waals surface area contributed by atoms with E-state index in [0.29, 0.717) is 24.0 Å². The minimum atomic E-state index is -4.24. The van der Waals surface area contributed by atoms with Crippen LogP contribution in [0.2, 0.25) is 0 Å². The Morgan fingerprint density at radius 3 is 2.51 bits per heavy atom. The summed E-state index contributed by atoms with van der Waals surface area (Å²) in [6, 6.07) is 7.56. The molecule has 1 aliphatic rings. The molecule has 2 aromatic rings. The third-order valence-electron chi connectivity index (χ3n) is 6.12. The van der Waals surface area contributed by atoms with Crippen molar-refractivity contribution >= 4 is 27.6 Å². The third-order valence-corrected chi connectivity index (χ3v) is 7.50. The van der Waals surface area contributed by atoms with Crippen LogP contribution in [0.15, 0.2) is 47.4 Å². The Labute approximate surface area is 203 Å². The molecule has 3 rings (SSSR count). The molecular weight excluding hydrogens is 480 g/mol. The van der Waals surface area contributed by atoms with E-state index in [-0.39, 0.29) is 23.3 Å². The van der Waals surface area contributed by atoms with Gasteiger partial charge in [0.2, 0.25) is 0 Å². The van der Waals surface area contributed by atoms with Crippen LogP contribution >= 0.6 is 0 Å². The van der Waals surface area contributed by atoms with E-state index < -0.39 is 45.1 Å². The summed E-state index contributed by atoms with van der Waals surface area (Å²) in [5.41, 5.74) is -0.00244. The highest BCUT2D eigenvalue weighted by Crippen LogP contribution is 2.35. The Balaban J connectivity index is 1.60. The van der Waals surface area contributed by atoms with Crippen LogP contribution in [-0.2, 0) is 24.3 Å². The van der Waals surface area contributed by atoms with Crippen molar-refractivity contribution in [3.63, 3.8) is 0 Å². The maximum atomic E-state index is 13.4. The lowest BCUT2D eigenvalue weighted by Gasteiger charge is -2.36. The lowest BCUT2D eigenvalue weighted by Crippen LogP contribution is -2.36. The Kier molecular flexibility index (Phi) is 8.47. The maximum Gasteiger partial charge on any atom is 0.344 e. The first kappa shape index (κ1) is 26.6. The number of sulfonamides is 1. The number of hydrogen-bond donors (Lipinski definition) is 1. The molecule has 0 saturated heterocycles. The van der Waals surface area contributed by atoms with Gasteiger partial charge in [-0.15, -0.1) is 0 Å². The number of anilines is 1. The van der Waals surface area contributed by atoms with Crippen molar-refractivity contribution in [2.24, 2.45) is 17.8 Å². The van der Waals surface area contributed by atoms with Gasteiger partial charge < -0.3 is 9.47 Å². The molecule has 35 heavy (non-hydrogen) atoms. The number of hydrogen-bond acceptors (Lipinski definition) is 6. The average molecular weight is 510 g/mol. The standard InChI is InChI=1S/C25H29F2NO6S/c1-15(2)20-9-7-16(3)11-23(20)34-24(29)14-33-25(30)17-5-4-6-18(12-17)28-35(31,32)19-8-10-21(26)22(27)13-19/h4-6,8,10,12-13,15-16,20,23,28H,7,9,11,14H2,1-3H3. The van der Waals surface area contributed by atoms with Crippen molar-refractivity contribution in [3.8, 4) is 0 Å². The number of rotatable bonds is 8. The van der Waals surface area contributed by atoms with Crippen molar-refractivity contribution in [1.82, 2.24) is 0 Å². The molecule has 0 heterocycles. The molecule has 0 amide bonds. The zero-order valence-corrected chi connectivity index (χ0v) is 20.6. The fourth-order valence-corrected chi connectivity index (χ4v) is 5.29. The van der Waals surface area contributed by atoms with E-state index >= 15 is 0 Å². The normalized spacial score (nSPS) is 20.3. The van der Waals surface area contributed by atoms with Crippen LogP contribution in [0.25, 0.3) is 0 Å². The van der Waals surface area contributed by atoms with Gasteiger partial charge in [0.1, 0.15) is 6.10 Å². The molecule has 10 heteroatoms. The van der Waals surface area contributed by atoms with Crippen LogP contribution in [0, 0.1) is 29.4 Å². The van der Waals surface area contributed by atoms with E-state index in [1.807, 2.05) is 0 Å². The Morgan fingerprint density at radius 2 is 1.83 bits per heavy atom. The number of nitrogens with one attached hydrogen (secondary N) is 1. The van der Waals surface area contributed by atoms with Crippen LogP contribution in [-0.4, -0.2) is 33.1 Å². The highest BCUT2D eigenvalue weighted by Gasteiger charge is 2.33. The molecule has 1 saturated carbocycles. The van der Waals surface area contributed by atoms with Crippen molar-refractivity contribution in [2.45, 2.75) is 51.0 Å². The lowest BCUT2D eigenvalue weighted by atomic mass is 9.75. The van der Waals surface area contributed by atoms with E-state index in [9.17, 15) is 26.8 Å². The molecule has 0 spiro atoms. The molecule has 0 radical (unpaired) electrons. The number of halogens is 2. The summed E-state index contributed by atoms with van der Waals surface area (Å²) in [6.45, 7) is 5.73. The molecule has 7 nitrogen and oxygen atoms in total. The maximum absolute atomic E-state index is 13.4. The van der Waals surface area contributed by atoms with Crippen LogP contribution in [0.3, 0.4) is 0 Å². The highest BCUT2D eigenvalue weighted by molar-refractivity contribution is 7.92. The lowest BCUT2D eigenvalue weighted by molar-refractivity contribution is -0.159. The van der Waals surface area contributed by atoms with Crippen molar-refractivity contribution < 1.29 is 36.3 Å². The van der Waals surface area contributed by atoms with Gasteiger partial charge in [-0.05, 0) is 67.0 Å². The summed E-state index contributed by atoms with van der Waals surface area (Å²) in [4.78, 5) is 24.3. The topological polar surface area (TPSA) is 98.8 Å². The van der Waals surface area contributed by atoms with Crippen LogP contribution in [0.1, 0.15) is 50.4 Å². The van der Waals surface area contributed by atoms with E-state index in [0.717, 1.165) is 25.3 Å². The van der Waals surface area contributed by atoms with Crippen molar-refractivity contribution in [3.05, 3.63) is 59.7 Å². The van der Waals surface area contributed by atoms with Crippen LogP contribution in [0.4, 0.5) is 14.5 Å².